The van der Waals surface area contributed by atoms with Gasteiger partial charge in [0.25, 0.3) is 0 Å². The molecule has 0 aromatic heterocycles. The Morgan fingerprint density at radius 2 is 1.85 bits per heavy atom. The molecular weight excluding hydrogens is 250 g/mol. The number of rotatable bonds is 8. The predicted octanol–water partition coefficient (Wildman–Crippen LogP) is 3.38. The Kier molecular flexibility index (Phi) is 7.92. The summed E-state index contributed by atoms with van der Waals surface area (Å²) < 4.78 is 11.5. The molecule has 20 heavy (non-hydrogen) atoms. The molecular formula is C17H33NO2. The fourth-order valence-corrected chi connectivity index (χ4v) is 3.50. The Balaban J connectivity index is 1.68. The lowest BCUT2D eigenvalue weighted by Crippen LogP contribution is -2.41. The first-order valence-electron chi connectivity index (χ1n) is 8.79. The van der Waals surface area contributed by atoms with E-state index in [2.05, 4.69) is 12.2 Å². The molecule has 1 saturated carbocycles. The molecule has 0 bridgehead atoms. The van der Waals surface area contributed by atoms with Gasteiger partial charge in [0.1, 0.15) is 0 Å². The minimum absolute atomic E-state index is 0.579. The van der Waals surface area contributed by atoms with Crippen molar-refractivity contribution < 1.29 is 9.47 Å². The summed E-state index contributed by atoms with van der Waals surface area (Å²) in [6.45, 7) is 7.06. The van der Waals surface area contributed by atoms with Crippen LogP contribution in [0.4, 0.5) is 0 Å². The quantitative estimate of drug-likeness (QED) is 0.741. The first-order valence-corrected chi connectivity index (χ1v) is 8.79. The number of ether oxygens (including phenoxy) is 2. The van der Waals surface area contributed by atoms with E-state index >= 15 is 0 Å². The molecule has 0 aromatic carbocycles. The fourth-order valence-electron chi connectivity index (χ4n) is 3.50. The van der Waals surface area contributed by atoms with Gasteiger partial charge in [-0.1, -0.05) is 26.2 Å². The Labute approximate surface area is 124 Å². The van der Waals surface area contributed by atoms with Gasteiger partial charge in [-0.05, 0) is 50.5 Å². The van der Waals surface area contributed by atoms with E-state index in [1.165, 1.54) is 51.4 Å². The van der Waals surface area contributed by atoms with E-state index in [4.69, 9.17) is 9.47 Å². The molecule has 0 radical (unpaired) electrons. The summed E-state index contributed by atoms with van der Waals surface area (Å²) in [5, 5.41) is 3.73. The zero-order valence-electron chi connectivity index (χ0n) is 13.2. The molecule has 1 N–H and O–H groups in total. The zero-order chi connectivity index (χ0) is 14.0. The van der Waals surface area contributed by atoms with Crippen LogP contribution in [-0.2, 0) is 9.47 Å². The van der Waals surface area contributed by atoms with Crippen LogP contribution >= 0.6 is 0 Å². The summed E-state index contributed by atoms with van der Waals surface area (Å²) in [7, 11) is 0. The van der Waals surface area contributed by atoms with Gasteiger partial charge in [0.2, 0.25) is 0 Å². The lowest BCUT2D eigenvalue weighted by Gasteiger charge is -2.31. The minimum Gasteiger partial charge on any atom is -0.381 e. The smallest absolute Gasteiger partial charge is 0.0622 e. The molecule has 1 atom stereocenters. The maximum absolute atomic E-state index is 6.07. The highest BCUT2D eigenvalue weighted by Crippen LogP contribution is 2.27. The van der Waals surface area contributed by atoms with E-state index < -0.39 is 0 Å². The summed E-state index contributed by atoms with van der Waals surface area (Å²) in [5.74, 6) is 1.56. The van der Waals surface area contributed by atoms with Gasteiger partial charge in [-0.25, -0.2) is 0 Å². The van der Waals surface area contributed by atoms with Gasteiger partial charge in [-0.15, -0.1) is 0 Å². The average Bonchev–Trinajstić information content (AvgIpc) is 2.52. The maximum Gasteiger partial charge on any atom is 0.0622 e. The van der Waals surface area contributed by atoms with E-state index in [0.717, 1.165) is 44.8 Å². The lowest BCUT2D eigenvalue weighted by atomic mass is 9.84. The molecule has 2 rings (SSSR count). The maximum atomic E-state index is 6.07. The molecule has 2 aliphatic rings. The molecule has 0 aromatic rings. The first-order chi connectivity index (χ1) is 9.90. The zero-order valence-corrected chi connectivity index (χ0v) is 13.2. The largest absolute Gasteiger partial charge is 0.381 e. The van der Waals surface area contributed by atoms with Crippen molar-refractivity contribution in [1.82, 2.24) is 5.32 Å². The van der Waals surface area contributed by atoms with Crippen molar-refractivity contribution in [3.63, 3.8) is 0 Å². The summed E-state index contributed by atoms with van der Waals surface area (Å²) in [6.07, 6.45) is 10.6. The number of hydrogen-bond acceptors (Lipinski definition) is 3. The van der Waals surface area contributed by atoms with Gasteiger partial charge < -0.3 is 14.8 Å². The second-order valence-electron chi connectivity index (χ2n) is 6.55. The van der Waals surface area contributed by atoms with Crippen molar-refractivity contribution in [2.75, 3.05) is 33.0 Å². The Bertz CT molecular complexity index is 235. The van der Waals surface area contributed by atoms with E-state index in [1.807, 2.05) is 0 Å². The molecule has 1 heterocycles. The predicted molar refractivity (Wildman–Crippen MR) is 83.0 cm³/mol. The van der Waals surface area contributed by atoms with Crippen molar-refractivity contribution >= 4 is 0 Å². The van der Waals surface area contributed by atoms with Crippen molar-refractivity contribution in [3.05, 3.63) is 0 Å². The second-order valence-corrected chi connectivity index (χ2v) is 6.55. The van der Waals surface area contributed by atoms with E-state index in [1.54, 1.807) is 0 Å². The van der Waals surface area contributed by atoms with Crippen LogP contribution in [-0.4, -0.2) is 39.0 Å². The summed E-state index contributed by atoms with van der Waals surface area (Å²) in [5.41, 5.74) is 0. The molecule has 3 nitrogen and oxygen atoms in total. The fraction of sp³-hybridized carbons (Fsp3) is 1.00. The van der Waals surface area contributed by atoms with Gasteiger partial charge in [0.05, 0.1) is 6.61 Å². The van der Waals surface area contributed by atoms with E-state index in [-0.39, 0.29) is 0 Å². The highest BCUT2D eigenvalue weighted by Gasteiger charge is 2.23. The van der Waals surface area contributed by atoms with Crippen LogP contribution in [0.3, 0.4) is 0 Å². The normalized spacial score (nSPS) is 23.9. The van der Waals surface area contributed by atoms with Gasteiger partial charge in [-0.2, -0.15) is 0 Å². The average molecular weight is 283 g/mol. The van der Waals surface area contributed by atoms with E-state index in [0.29, 0.717) is 6.04 Å². The van der Waals surface area contributed by atoms with Crippen LogP contribution in [0.15, 0.2) is 0 Å². The molecule has 2 fully saturated rings. The molecule has 1 aliphatic carbocycles. The summed E-state index contributed by atoms with van der Waals surface area (Å²) in [4.78, 5) is 0. The number of nitrogens with one attached hydrogen (secondary N) is 1. The minimum atomic E-state index is 0.579. The van der Waals surface area contributed by atoms with Crippen LogP contribution in [0.25, 0.3) is 0 Å². The van der Waals surface area contributed by atoms with Crippen molar-refractivity contribution in [1.29, 1.82) is 0 Å². The SMILES string of the molecule is CCCNC(COCC1CCOCC1)C1CCCCC1. The summed E-state index contributed by atoms with van der Waals surface area (Å²) >= 11 is 0. The first kappa shape index (κ1) is 16.3. The molecule has 0 amide bonds. The van der Waals surface area contributed by atoms with E-state index in [9.17, 15) is 0 Å². The number of hydrogen-bond donors (Lipinski definition) is 1. The molecule has 0 spiro atoms. The Morgan fingerprint density at radius 1 is 1.10 bits per heavy atom. The van der Waals surface area contributed by atoms with Gasteiger partial charge >= 0.3 is 0 Å². The van der Waals surface area contributed by atoms with Crippen molar-refractivity contribution in [3.8, 4) is 0 Å². The van der Waals surface area contributed by atoms with Crippen molar-refractivity contribution in [2.24, 2.45) is 11.8 Å². The highest BCUT2D eigenvalue weighted by atomic mass is 16.5. The molecule has 118 valence electrons. The standard InChI is InChI=1S/C17H33NO2/c1-2-10-18-17(16-6-4-3-5-7-16)14-20-13-15-8-11-19-12-9-15/h15-18H,2-14H2,1H3. The van der Waals surface area contributed by atoms with Gasteiger partial charge in [-0.3, -0.25) is 0 Å². The highest BCUT2D eigenvalue weighted by molar-refractivity contribution is 4.79. The Hall–Kier alpha value is -0.120. The topological polar surface area (TPSA) is 30.5 Å². The van der Waals surface area contributed by atoms with Crippen LogP contribution in [0.5, 0.6) is 0 Å². The van der Waals surface area contributed by atoms with Gasteiger partial charge in [0, 0.05) is 25.9 Å². The molecule has 3 heteroatoms. The Morgan fingerprint density at radius 3 is 2.55 bits per heavy atom. The third-order valence-electron chi connectivity index (χ3n) is 4.87. The monoisotopic (exact) mass is 283 g/mol. The van der Waals surface area contributed by atoms with Crippen LogP contribution < -0.4 is 5.32 Å². The molecule has 1 unspecified atom stereocenters. The van der Waals surface area contributed by atoms with Crippen LogP contribution in [0.2, 0.25) is 0 Å². The van der Waals surface area contributed by atoms with Gasteiger partial charge in [0.15, 0.2) is 0 Å². The lowest BCUT2D eigenvalue weighted by molar-refractivity contribution is 0.00911. The third-order valence-corrected chi connectivity index (χ3v) is 4.87. The van der Waals surface area contributed by atoms with Crippen molar-refractivity contribution in [2.45, 2.75) is 64.3 Å². The summed E-state index contributed by atoms with van der Waals surface area (Å²) in [6, 6.07) is 0.579. The van der Waals surface area contributed by atoms with Crippen LogP contribution in [0.1, 0.15) is 58.3 Å². The second kappa shape index (κ2) is 9.75. The van der Waals surface area contributed by atoms with Crippen LogP contribution in [0, 0.1) is 11.8 Å². The third kappa shape index (κ3) is 5.71. The molecule has 1 aliphatic heterocycles. The molecule has 1 saturated heterocycles.